The van der Waals surface area contributed by atoms with Crippen LogP contribution in [0.3, 0.4) is 0 Å². The molecule has 1 aliphatic heterocycles. The summed E-state index contributed by atoms with van der Waals surface area (Å²) in [5.74, 6) is -0.554. The molecule has 102 valence electrons. The third-order valence-electron chi connectivity index (χ3n) is 2.83. The van der Waals surface area contributed by atoms with Crippen molar-refractivity contribution < 1.29 is 9.63 Å². The average molecular weight is 309 g/mol. The first kappa shape index (κ1) is 13.0. The van der Waals surface area contributed by atoms with Crippen LogP contribution in [0.2, 0.25) is 4.34 Å². The van der Waals surface area contributed by atoms with Crippen molar-refractivity contribution in [1.82, 2.24) is 9.59 Å². The minimum absolute atomic E-state index is 0.119. The topological polar surface area (TPSA) is 76.5 Å². The van der Waals surface area contributed by atoms with Crippen LogP contribution in [0.5, 0.6) is 0 Å². The van der Waals surface area contributed by atoms with Gasteiger partial charge in [-0.05, 0) is 11.6 Å². The summed E-state index contributed by atoms with van der Waals surface area (Å²) in [4.78, 5) is 16.9. The molecule has 0 saturated carbocycles. The number of hydrogen-bond acceptors (Lipinski definition) is 6. The summed E-state index contributed by atoms with van der Waals surface area (Å²) in [6, 6.07) is 7.47. The van der Waals surface area contributed by atoms with Crippen molar-refractivity contribution in [2.75, 3.05) is 5.32 Å². The van der Waals surface area contributed by atoms with E-state index in [-0.39, 0.29) is 12.5 Å². The summed E-state index contributed by atoms with van der Waals surface area (Å²) in [5, 5.41) is 10.4. The molecule has 1 aromatic carbocycles. The van der Waals surface area contributed by atoms with E-state index in [0.717, 1.165) is 22.8 Å². The van der Waals surface area contributed by atoms with E-state index >= 15 is 0 Å². The first-order chi connectivity index (χ1) is 9.75. The molecule has 8 heteroatoms. The first-order valence-electron chi connectivity index (χ1n) is 5.77. The van der Waals surface area contributed by atoms with Crippen LogP contribution in [0.15, 0.2) is 29.4 Å². The maximum absolute atomic E-state index is 11.8. The number of benzene rings is 1. The number of nitrogens with one attached hydrogen (secondary N) is 1. The zero-order chi connectivity index (χ0) is 13.9. The van der Waals surface area contributed by atoms with E-state index in [4.69, 9.17) is 16.4 Å². The van der Waals surface area contributed by atoms with Gasteiger partial charge in [0, 0.05) is 17.2 Å². The molecule has 1 aromatic heterocycles. The van der Waals surface area contributed by atoms with Crippen LogP contribution in [0.1, 0.15) is 17.2 Å². The van der Waals surface area contributed by atoms with Gasteiger partial charge in [0.05, 0.1) is 6.21 Å². The second-order valence-corrected chi connectivity index (χ2v) is 5.43. The summed E-state index contributed by atoms with van der Waals surface area (Å²) < 4.78 is 4.16. The third kappa shape index (κ3) is 2.50. The fraction of sp³-hybridized carbons (Fsp3) is 0.167. The van der Waals surface area contributed by atoms with Gasteiger partial charge < -0.3 is 10.2 Å². The van der Waals surface area contributed by atoms with Crippen LogP contribution in [0.4, 0.5) is 5.69 Å². The van der Waals surface area contributed by atoms with E-state index in [9.17, 15) is 4.79 Å². The molecule has 3 rings (SSSR count). The Morgan fingerprint density at radius 1 is 1.50 bits per heavy atom. The van der Waals surface area contributed by atoms with Gasteiger partial charge in [0.1, 0.15) is 15.9 Å². The van der Waals surface area contributed by atoms with Gasteiger partial charge in [-0.15, -0.1) is 5.10 Å². The zero-order valence-corrected chi connectivity index (χ0v) is 11.7. The number of fused-ring (bicyclic) bond motifs is 1. The Balaban J connectivity index is 1.65. The number of hydrogen-bond donors (Lipinski definition) is 1. The molecule has 1 N–H and O–H groups in total. The smallest absolute Gasteiger partial charge is 0.237 e. The van der Waals surface area contributed by atoms with Crippen molar-refractivity contribution >= 4 is 40.9 Å². The highest BCUT2D eigenvalue weighted by atomic mass is 35.5. The lowest BCUT2D eigenvalue weighted by Crippen LogP contribution is -2.13. The number of nitrogens with zero attached hydrogens (tertiary/aromatic N) is 3. The molecule has 0 aliphatic carbocycles. The van der Waals surface area contributed by atoms with Crippen LogP contribution in [0, 0.1) is 0 Å². The molecule has 6 nitrogen and oxygen atoms in total. The monoisotopic (exact) mass is 308 g/mol. The summed E-state index contributed by atoms with van der Waals surface area (Å²) in [5.41, 5.74) is 2.23. The van der Waals surface area contributed by atoms with Crippen LogP contribution in [-0.2, 0) is 16.2 Å². The molecule has 0 bridgehead atoms. The molecule has 2 aromatic rings. The molecule has 1 amide bonds. The van der Waals surface area contributed by atoms with Crippen molar-refractivity contribution in [2.45, 2.75) is 12.5 Å². The first-order valence-corrected chi connectivity index (χ1v) is 6.93. The number of rotatable bonds is 4. The molecular formula is C12H9ClN4O2S. The summed E-state index contributed by atoms with van der Waals surface area (Å²) in [6.07, 6.45) is 1.47. The number of aromatic nitrogens is 2. The predicted molar refractivity (Wildman–Crippen MR) is 76.0 cm³/mol. The van der Waals surface area contributed by atoms with E-state index in [2.05, 4.69) is 20.1 Å². The Bertz CT molecular complexity index is 673. The normalized spacial score (nSPS) is 17.2. The number of amides is 1. The van der Waals surface area contributed by atoms with E-state index in [1.807, 2.05) is 24.3 Å². The van der Waals surface area contributed by atoms with Gasteiger partial charge in [0.25, 0.3) is 0 Å². The highest BCUT2D eigenvalue weighted by Gasteiger charge is 2.28. The molecule has 0 saturated heterocycles. The highest BCUT2D eigenvalue weighted by Crippen LogP contribution is 2.30. The Hall–Kier alpha value is -1.99. The fourth-order valence-electron chi connectivity index (χ4n) is 1.87. The molecule has 20 heavy (non-hydrogen) atoms. The SMILES string of the molecule is O=C1Nc2ccccc2C1/C=N\OCc1nnsc1Cl. The zero-order valence-electron chi connectivity index (χ0n) is 10.1. The van der Waals surface area contributed by atoms with Crippen molar-refractivity contribution in [3.05, 3.63) is 39.9 Å². The Kier molecular flexibility index (Phi) is 3.62. The minimum Gasteiger partial charge on any atom is -0.389 e. The Labute approximate surface area is 123 Å². The van der Waals surface area contributed by atoms with Gasteiger partial charge in [-0.25, -0.2) is 0 Å². The number of anilines is 1. The Morgan fingerprint density at radius 2 is 2.35 bits per heavy atom. The maximum Gasteiger partial charge on any atom is 0.237 e. The summed E-state index contributed by atoms with van der Waals surface area (Å²) >= 11 is 6.92. The van der Waals surface area contributed by atoms with Gasteiger partial charge in [-0.1, -0.05) is 39.4 Å². The predicted octanol–water partition coefficient (Wildman–Crippen LogP) is 2.43. The lowest BCUT2D eigenvalue weighted by Gasteiger charge is -2.01. The number of oxime groups is 1. The van der Waals surface area contributed by atoms with Crippen LogP contribution < -0.4 is 5.32 Å². The molecule has 0 fully saturated rings. The molecular weight excluding hydrogens is 300 g/mol. The van der Waals surface area contributed by atoms with Crippen molar-refractivity contribution in [3.63, 3.8) is 0 Å². The second kappa shape index (κ2) is 5.56. The average Bonchev–Trinajstić information content (AvgIpc) is 2.98. The molecule has 1 unspecified atom stereocenters. The van der Waals surface area contributed by atoms with E-state index in [1.54, 1.807) is 0 Å². The Morgan fingerprint density at radius 3 is 3.15 bits per heavy atom. The van der Waals surface area contributed by atoms with E-state index < -0.39 is 5.92 Å². The van der Waals surface area contributed by atoms with Crippen LogP contribution in [-0.4, -0.2) is 21.7 Å². The fourth-order valence-corrected chi connectivity index (χ4v) is 2.47. The number of para-hydroxylation sites is 1. The number of halogens is 1. The summed E-state index contributed by atoms with van der Waals surface area (Å²) in [6.45, 7) is 0.127. The molecule has 2 heterocycles. The molecule has 0 spiro atoms. The lowest BCUT2D eigenvalue weighted by atomic mass is 10.0. The van der Waals surface area contributed by atoms with E-state index in [1.165, 1.54) is 6.21 Å². The maximum atomic E-state index is 11.8. The summed E-state index contributed by atoms with van der Waals surface area (Å²) in [7, 11) is 0. The molecule has 1 atom stereocenters. The number of carbonyl (C=O) groups excluding carboxylic acids is 1. The molecule has 0 radical (unpaired) electrons. The van der Waals surface area contributed by atoms with Gasteiger partial charge in [0.15, 0.2) is 6.61 Å². The number of carbonyl (C=O) groups is 1. The van der Waals surface area contributed by atoms with Crippen molar-refractivity contribution in [2.24, 2.45) is 5.16 Å². The second-order valence-electron chi connectivity index (χ2n) is 4.08. The van der Waals surface area contributed by atoms with E-state index in [0.29, 0.717) is 10.0 Å². The van der Waals surface area contributed by atoms with Gasteiger partial charge in [-0.3, -0.25) is 4.79 Å². The largest absolute Gasteiger partial charge is 0.389 e. The quantitative estimate of drug-likeness (QED) is 0.695. The van der Waals surface area contributed by atoms with Gasteiger partial charge in [0.2, 0.25) is 5.91 Å². The van der Waals surface area contributed by atoms with Crippen LogP contribution >= 0.6 is 23.1 Å². The highest BCUT2D eigenvalue weighted by molar-refractivity contribution is 7.10. The van der Waals surface area contributed by atoms with Gasteiger partial charge in [-0.2, -0.15) is 0 Å². The van der Waals surface area contributed by atoms with Crippen LogP contribution in [0.25, 0.3) is 0 Å². The van der Waals surface area contributed by atoms with Gasteiger partial charge >= 0.3 is 0 Å². The third-order valence-corrected chi connectivity index (χ3v) is 3.82. The lowest BCUT2D eigenvalue weighted by molar-refractivity contribution is -0.115. The van der Waals surface area contributed by atoms with Crippen molar-refractivity contribution in [1.29, 1.82) is 0 Å². The molecule has 1 aliphatic rings. The standard InChI is InChI=1S/C12H9ClN4O2S/c13-11-10(16-17-20-11)6-19-14-5-8-7-3-1-2-4-9(7)15-12(8)18/h1-5,8H,6H2,(H,15,18)/b14-5-. The minimum atomic E-state index is -0.435. The van der Waals surface area contributed by atoms with Crippen molar-refractivity contribution in [3.8, 4) is 0 Å².